The van der Waals surface area contributed by atoms with Gasteiger partial charge in [-0.05, 0) is 25.3 Å². The van der Waals surface area contributed by atoms with Gasteiger partial charge in [-0.1, -0.05) is 13.8 Å². The smallest absolute Gasteiger partial charge is 0.307 e. The SMILES string of the molecule is CCc1nnc(N(CC)CCC(=O)OC)c(C#N)c1CC. The monoisotopic (exact) mass is 290 g/mol. The third kappa shape index (κ3) is 3.91. The number of aromatic nitrogens is 2. The highest BCUT2D eigenvalue weighted by Gasteiger charge is 2.19. The number of hydrogen-bond acceptors (Lipinski definition) is 6. The van der Waals surface area contributed by atoms with Gasteiger partial charge in [0, 0.05) is 13.1 Å². The summed E-state index contributed by atoms with van der Waals surface area (Å²) in [5, 5.41) is 17.9. The number of carbonyl (C=O) groups is 1. The fourth-order valence-electron chi connectivity index (χ4n) is 2.24. The molecule has 1 aromatic rings. The summed E-state index contributed by atoms with van der Waals surface area (Å²) in [6.45, 7) is 7.07. The quantitative estimate of drug-likeness (QED) is 0.713. The zero-order chi connectivity index (χ0) is 15.8. The number of nitriles is 1. The Kier molecular flexibility index (Phi) is 6.60. The van der Waals surface area contributed by atoms with Crippen LogP contribution in [-0.2, 0) is 22.4 Å². The highest BCUT2D eigenvalue weighted by molar-refractivity contribution is 5.70. The zero-order valence-corrected chi connectivity index (χ0v) is 13.1. The van der Waals surface area contributed by atoms with E-state index in [2.05, 4.69) is 21.0 Å². The van der Waals surface area contributed by atoms with Crippen LogP contribution in [0.15, 0.2) is 0 Å². The molecule has 0 spiro atoms. The number of methoxy groups -OCH3 is 1. The summed E-state index contributed by atoms with van der Waals surface area (Å²) in [6, 6.07) is 2.25. The first-order valence-electron chi connectivity index (χ1n) is 7.23. The predicted octanol–water partition coefficient (Wildman–Crippen LogP) is 1.86. The second-order valence-electron chi connectivity index (χ2n) is 4.55. The summed E-state index contributed by atoms with van der Waals surface area (Å²) in [5.41, 5.74) is 2.37. The van der Waals surface area contributed by atoms with Crippen LogP contribution in [0.1, 0.15) is 44.0 Å². The van der Waals surface area contributed by atoms with Gasteiger partial charge in [0.2, 0.25) is 0 Å². The summed E-state index contributed by atoms with van der Waals surface area (Å²) >= 11 is 0. The third-order valence-corrected chi connectivity index (χ3v) is 3.43. The Morgan fingerprint density at radius 3 is 2.48 bits per heavy atom. The third-order valence-electron chi connectivity index (χ3n) is 3.43. The van der Waals surface area contributed by atoms with E-state index in [-0.39, 0.29) is 12.4 Å². The number of ether oxygens (including phenoxy) is 1. The maximum atomic E-state index is 11.3. The molecule has 0 aliphatic heterocycles. The number of anilines is 1. The highest BCUT2D eigenvalue weighted by atomic mass is 16.5. The lowest BCUT2D eigenvalue weighted by molar-refractivity contribution is -0.140. The van der Waals surface area contributed by atoms with Gasteiger partial charge in [0.25, 0.3) is 0 Å². The second-order valence-corrected chi connectivity index (χ2v) is 4.55. The van der Waals surface area contributed by atoms with E-state index < -0.39 is 0 Å². The van der Waals surface area contributed by atoms with Crippen molar-refractivity contribution in [3.8, 4) is 6.07 Å². The van der Waals surface area contributed by atoms with Crippen molar-refractivity contribution in [3.05, 3.63) is 16.8 Å². The van der Waals surface area contributed by atoms with E-state index in [1.54, 1.807) is 0 Å². The van der Waals surface area contributed by atoms with Gasteiger partial charge in [0.1, 0.15) is 11.6 Å². The second kappa shape index (κ2) is 8.20. The summed E-state index contributed by atoms with van der Waals surface area (Å²) in [4.78, 5) is 13.2. The van der Waals surface area contributed by atoms with Crippen LogP contribution in [0.5, 0.6) is 0 Å². The van der Waals surface area contributed by atoms with Crippen molar-refractivity contribution < 1.29 is 9.53 Å². The average molecular weight is 290 g/mol. The number of esters is 1. The molecule has 0 aliphatic rings. The van der Waals surface area contributed by atoms with Gasteiger partial charge in [0.05, 0.1) is 19.2 Å². The predicted molar refractivity (Wildman–Crippen MR) is 80.0 cm³/mol. The summed E-state index contributed by atoms with van der Waals surface area (Å²) in [5.74, 6) is 0.277. The topological polar surface area (TPSA) is 79.1 Å². The molecule has 0 radical (unpaired) electrons. The standard InChI is InChI=1S/C15H22N4O2/c1-5-11-12(10-16)15(18-17-13(11)6-2)19(7-3)9-8-14(20)21-4/h5-9H2,1-4H3. The van der Waals surface area contributed by atoms with E-state index in [4.69, 9.17) is 0 Å². The normalized spacial score (nSPS) is 10.0. The highest BCUT2D eigenvalue weighted by Crippen LogP contribution is 2.23. The summed E-state index contributed by atoms with van der Waals surface area (Å²) in [7, 11) is 1.37. The molecule has 1 aromatic heterocycles. The van der Waals surface area contributed by atoms with Crippen molar-refractivity contribution >= 4 is 11.8 Å². The van der Waals surface area contributed by atoms with Gasteiger partial charge in [-0.15, -0.1) is 5.10 Å². The number of hydrogen-bond donors (Lipinski definition) is 0. The lowest BCUT2D eigenvalue weighted by Gasteiger charge is -2.23. The molecule has 114 valence electrons. The van der Waals surface area contributed by atoms with Gasteiger partial charge < -0.3 is 9.64 Å². The van der Waals surface area contributed by atoms with Crippen LogP contribution in [0, 0.1) is 11.3 Å². The number of nitrogens with zero attached hydrogens (tertiary/aromatic N) is 4. The first-order chi connectivity index (χ1) is 10.1. The van der Waals surface area contributed by atoms with Crippen molar-refractivity contribution in [2.45, 2.75) is 40.0 Å². The van der Waals surface area contributed by atoms with E-state index in [9.17, 15) is 10.1 Å². The summed E-state index contributed by atoms with van der Waals surface area (Å²) < 4.78 is 4.65. The molecule has 0 aliphatic carbocycles. The molecular formula is C15H22N4O2. The molecule has 1 heterocycles. The number of rotatable bonds is 7. The zero-order valence-electron chi connectivity index (χ0n) is 13.1. The van der Waals surface area contributed by atoms with Crippen LogP contribution in [0.4, 0.5) is 5.82 Å². The Hall–Kier alpha value is -2.16. The molecule has 21 heavy (non-hydrogen) atoms. The van der Waals surface area contributed by atoms with E-state index >= 15 is 0 Å². The Bertz CT molecular complexity index is 537. The molecule has 0 unspecified atom stereocenters. The van der Waals surface area contributed by atoms with E-state index in [0.717, 1.165) is 24.1 Å². The Labute approximate surface area is 125 Å². The van der Waals surface area contributed by atoms with Crippen molar-refractivity contribution in [2.75, 3.05) is 25.1 Å². The molecule has 1 rings (SSSR count). The molecule has 0 fully saturated rings. The van der Waals surface area contributed by atoms with Crippen molar-refractivity contribution in [3.63, 3.8) is 0 Å². The Morgan fingerprint density at radius 1 is 1.29 bits per heavy atom. The van der Waals surface area contributed by atoms with Crippen LogP contribution < -0.4 is 4.90 Å². The van der Waals surface area contributed by atoms with E-state index in [0.29, 0.717) is 24.5 Å². The molecule has 0 saturated carbocycles. The molecule has 0 bridgehead atoms. The molecule has 6 heteroatoms. The van der Waals surface area contributed by atoms with Crippen LogP contribution >= 0.6 is 0 Å². The maximum absolute atomic E-state index is 11.3. The van der Waals surface area contributed by atoms with Gasteiger partial charge >= 0.3 is 5.97 Å². The molecule has 0 aromatic carbocycles. The van der Waals surface area contributed by atoms with E-state index in [1.165, 1.54) is 7.11 Å². The molecule has 0 amide bonds. The van der Waals surface area contributed by atoms with E-state index in [1.807, 2.05) is 25.7 Å². The van der Waals surface area contributed by atoms with Crippen molar-refractivity contribution in [2.24, 2.45) is 0 Å². The minimum Gasteiger partial charge on any atom is -0.469 e. The summed E-state index contributed by atoms with van der Waals surface area (Å²) in [6.07, 6.45) is 1.75. The van der Waals surface area contributed by atoms with Crippen molar-refractivity contribution in [1.29, 1.82) is 5.26 Å². The average Bonchev–Trinajstić information content (AvgIpc) is 2.53. The van der Waals surface area contributed by atoms with Gasteiger partial charge in [-0.3, -0.25) is 4.79 Å². The van der Waals surface area contributed by atoms with Crippen LogP contribution in [-0.4, -0.2) is 36.4 Å². The Morgan fingerprint density at radius 2 is 2.00 bits per heavy atom. The fourth-order valence-corrected chi connectivity index (χ4v) is 2.24. The molecule has 0 saturated heterocycles. The minimum absolute atomic E-state index is 0.258. The van der Waals surface area contributed by atoms with Crippen LogP contribution in [0.25, 0.3) is 0 Å². The molecular weight excluding hydrogens is 268 g/mol. The maximum Gasteiger partial charge on any atom is 0.307 e. The number of aryl methyl sites for hydroxylation is 1. The lowest BCUT2D eigenvalue weighted by atomic mass is 10.0. The van der Waals surface area contributed by atoms with Crippen LogP contribution in [0.2, 0.25) is 0 Å². The fraction of sp³-hybridized carbons (Fsp3) is 0.600. The number of carbonyl (C=O) groups excluding carboxylic acids is 1. The Balaban J connectivity index is 3.15. The minimum atomic E-state index is -0.277. The molecule has 0 atom stereocenters. The van der Waals surface area contributed by atoms with Gasteiger partial charge in [0.15, 0.2) is 5.82 Å². The van der Waals surface area contributed by atoms with Crippen LogP contribution in [0.3, 0.4) is 0 Å². The molecule has 6 nitrogen and oxygen atoms in total. The first kappa shape index (κ1) is 16.9. The molecule has 0 N–H and O–H groups in total. The van der Waals surface area contributed by atoms with Gasteiger partial charge in [-0.25, -0.2) is 0 Å². The van der Waals surface area contributed by atoms with Gasteiger partial charge in [-0.2, -0.15) is 10.4 Å². The first-order valence-corrected chi connectivity index (χ1v) is 7.23. The lowest BCUT2D eigenvalue weighted by Crippen LogP contribution is -2.29. The largest absolute Gasteiger partial charge is 0.469 e. The van der Waals surface area contributed by atoms with Crippen molar-refractivity contribution in [1.82, 2.24) is 10.2 Å².